The third-order valence-electron chi connectivity index (χ3n) is 5.98. The summed E-state index contributed by atoms with van der Waals surface area (Å²) in [5.41, 5.74) is 0. The molecule has 1 aromatic rings. The number of likely N-dealkylation sites (tertiary alicyclic amines) is 1. The second-order valence-electron chi connectivity index (χ2n) is 8.43. The number of nitrogens with one attached hydrogen (secondary N) is 1. The molecule has 1 aromatic carbocycles. The molecule has 0 bridgehead atoms. The van der Waals surface area contributed by atoms with E-state index in [-0.39, 0.29) is 16.8 Å². The Morgan fingerprint density at radius 2 is 1.64 bits per heavy atom. The molecule has 2 aliphatic heterocycles. The Kier molecular flexibility index (Phi) is 6.41. The van der Waals surface area contributed by atoms with Crippen molar-refractivity contribution >= 4 is 15.9 Å². The summed E-state index contributed by atoms with van der Waals surface area (Å²) in [5.74, 6) is 0.755. The van der Waals surface area contributed by atoms with Gasteiger partial charge >= 0.3 is 0 Å². The summed E-state index contributed by atoms with van der Waals surface area (Å²) in [6.07, 6.45) is 1.16. The predicted molar refractivity (Wildman–Crippen MR) is 105 cm³/mol. The van der Waals surface area contributed by atoms with Crippen LogP contribution in [0.25, 0.3) is 0 Å². The van der Waals surface area contributed by atoms with Gasteiger partial charge in [0.25, 0.3) is 5.91 Å². The molecular weight excluding hydrogens is 381 g/mol. The van der Waals surface area contributed by atoms with E-state index in [1.54, 1.807) is 0 Å². The third-order valence-corrected chi connectivity index (χ3v) is 7.89. The third kappa shape index (κ3) is 4.55. The van der Waals surface area contributed by atoms with Gasteiger partial charge in [-0.1, -0.05) is 13.8 Å². The summed E-state index contributed by atoms with van der Waals surface area (Å²) in [7, 11) is -3.63. The minimum absolute atomic E-state index is 0.109. The highest BCUT2D eigenvalue weighted by Gasteiger charge is 2.37. The van der Waals surface area contributed by atoms with Gasteiger partial charge in [0.15, 0.2) is 6.04 Å². The molecule has 156 valence electrons. The van der Waals surface area contributed by atoms with Crippen molar-refractivity contribution in [2.75, 3.05) is 39.3 Å². The molecule has 1 N–H and O–H groups in total. The van der Waals surface area contributed by atoms with E-state index in [1.165, 1.54) is 16.4 Å². The number of quaternary nitrogens is 1. The number of nitrogens with zero attached hydrogens (tertiary/aromatic N) is 2. The lowest BCUT2D eigenvalue weighted by molar-refractivity contribution is -0.918. The molecule has 0 spiro atoms. The first-order chi connectivity index (χ1) is 13.2. The molecule has 8 heteroatoms. The molecule has 28 heavy (non-hydrogen) atoms. The van der Waals surface area contributed by atoms with Gasteiger partial charge in [0.05, 0.1) is 31.1 Å². The van der Waals surface area contributed by atoms with Gasteiger partial charge in [-0.05, 0) is 49.4 Å². The van der Waals surface area contributed by atoms with Crippen molar-refractivity contribution in [1.82, 2.24) is 9.21 Å². The lowest BCUT2D eigenvalue weighted by atomic mass is 9.91. The van der Waals surface area contributed by atoms with Gasteiger partial charge < -0.3 is 9.80 Å². The number of sulfonamides is 1. The second-order valence-corrected chi connectivity index (χ2v) is 10.4. The highest BCUT2D eigenvalue weighted by atomic mass is 32.2. The highest BCUT2D eigenvalue weighted by Crippen LogP contribution is 2.21. The van der Waals surface area contributed by atoms with E-state index >= 15 is 0 Å². The van der Waals surface area contributed by atoms with Gasteiger partial charge in [-0.25, -0.2) is 12.8 Å². The number of benzene rings is 1. The Balaban J connectivity index is 1.60. The monoisotopic (exact) mass is 412 g/mol. The van der Waals surface area contributed by atoms with Gasteiger partial charge in [0.2, 0.25) is 10.0 Å². The number of hydrogen-bond donors (Lipinski definition) is 1. The van der Waals surface area contributed by atoms with Crippen LogP contribution in [0.3, 0.4) is 0 Å². The number of halogens is 1. The van der Waals surface area contributed by atoms with Crippen LogP contribution in [-0.4, -0.2) is 68.8 Å². The second kappa shape index (κ2) is 8.47. The van der Waals surface area contributed by atoms with Gasteiger partial charge in [0, 0.05) is 13.1 Å². The van der Waals surface area contributed by atoms with Crippen LogP contribution in [-0.2, 0) is 14.8 Å². The first-order valence-electron chi connectivity index (χ1n) is 10.1. The molecule has 0 unspecified atom stereocenters. The van der Waals surface area contributed by atoms with Crippen LogP contribution < -0.4 is 4.90 Å². The summed E-state index contributed by atoms with van der Waals surface area (Å²) in [4.78, 5) is 16.2. The zero-order valence-corrected chi connectivity index (χ0v) is 17.7. The molecular formula is C20H31FN3O3S+. The van der Waals surface area contributed by atoms with Crippen molar-refractivity contribution < 1.29 is 22.5 Å². The molecule has 2 saturated heterocycles. The fourth-order valence-electron chi connectivity index (χ4n) is 4.49. The normalized spacial score (nSPS) is 26.2. The number of carbonyl (C=O) groups is 1. The average molecular weight is 413 g/mol. The van der Waals surface area contributed by atoms with E-state index in [0.29, 0.717) is 38.0 Å². The smallest absolute Gasteiger partial charge is 0.280 e. The Morgan fingerprint density at radius 1 is 1.11 bits per heavy atom. The average Bonchev–Trinajstić information content (AvgIpc) is 2.66. The molecule has 3 atom stereocenters. The maximum absolute atomic E-state index is 13.1. The largest absolute Gasteiger partial charge is 0.337 e. The topological polar surface area (TPSA) is 62.1 Å². The number of hydrogen-bond acceptors (Lipinski definition) is 3. The van der Waals surface area contributed by atoms with Crippen LogP contribution >= 0.6 is 0 Å². The van der Waals surface area contributed by atoms with Crippen molar-refractivity contribution in [3.8, 4) is 0 Å². The van der Waals surface area contributed by atoms with Crippen LogP contribution in [0.15, 0.2) is 29.2 Å². The van der Waals surface area contributed by atoms with Crippen molar-refractivity contribution in [3.05, 3.63) is 30.1 Å². The molecule has 0 radical (unpaired) electrons. The summed E-state index contributed by atoms with van der Waals surface area (Å²) >= 11 is 0. The van der Waals surface area contributed by atoms with E-state index in [1.807, 2.05) is 11.8 Å². The van der Waals surface area contributed by atoms with Crippen LogP contribution in [0.4, 0.5) is 4.39 Å². The minimum atomic E-state index is -3.63. The summed E-state index contributed by atoms with van der Waals surface area (Å²) in [6, 6.07) is 4.75. The number of piperidine rings is 1. The molecule has 2 fully saturated rings. The molecule has 0 aromatic heterocycles. The maximum Gasteiger partial charge on any atom is 0.280 e. The molecule has 2 aliphatic rings. The molecule has 2 heterocycles. The van der Waals surface area contributed by atoms with E-state index in [9.17, 15) is 17.6 Å². The Hall–Kier alpha value is -1.51. The van der Waals surface area contributed by atoms with Crippen LogP contribution in [0.2, 0.25) is 0 Å². The molecule has 1 amide bonds. The zero-order chi connectivity index (χ0) is 20.5. The number of piperazine rings is 1. The van der Waals surface area contributed by atoms with E-state index in [4.69, 9.17) is 0 Å². The number of carbonyl (C=O) groups excluding carboxylic acids is 1. The fourth-order valence-corrected chi connectivity index (χ4v) is 5.94. The van der Waals surface area contributed by atoms with E-state index < -0.39 is 15.8 Å². The van der Waals surface area contributed by atoms with Gasteiger partial charge in [-0.3, -0.25) is 4.79 Å². The van der Waals surface area contributed by atoms with E-state index in [0.717, 1.165) is 36.5 Å². The lowest BCUT2D eigenvalue weighted by Gasteiger charge is -2.39. The zero-order valence-electron chi connectivity index (χ0n) is 16.9. The fraction of sp³-hybridized carbons (Fsp3) is 0.650. The first-order valence-corrected chi connectivity index (χ1v) is 11.5. The number of amides is 1. The Morgan fingerprint density at radius 3 is 2.18 bits per heavy atom. The SMILES string of the molecule is C[C@@H]1C[C@@H](C)CN(C(=O)[C@@H](C)[NH+]2CCN(S(=O)(=O)c3ccc(F)cc3)CC2)C1. The molecule has 3 rings (SSSR count). The molecule has 0 saturated carbocycles. The van der Waals surface area contributed by atoms with Gasteiger partial charge in [0.1, 0.15) is 5.82 Å². The lowest BCUT2D eigenvalue weighted by Crippen LogP contribution is -3.19. The minimum Gasteiger partial charge on any atom is -0.337 e. The Labute approximate surface area is 167 Å². The predicted octanol–water partition coefficient (Wildman–Crippen LogP) is 0.608. The standard InChI is InChI=1S/C20H30FN3O3S/c1-15-12-16(2)14-23(13-15)20(25)17(3)22-8-10-24(11-9-22)28(26,27)19-6-4-18(21)5-7-19/h4-7,15-17H,8-14H2,1-3H3/p+1/t15-,16-,17-/m1/s1. The van der Waals surface area contributed by atoms with Gasteiger partial charge in [-0.15, -0.1) is 0 Å². The quantitative estimate of drug-likeness (QED) is 0.788. The van der Waals surface area contributed by atoms with Gasteiger partial charge in [-0.2, -0.15) is 4.31 Å². The van der Waals surface area contributed by atoms with Crippen molar-refractivity contribution in [1.29, 1.82) is 0 Å². The van der Waals surface area contributed by atoms with Crippen LogP contribution in [0.5, 0.6) is 0 Å². The maximum atomic E-state index is 13.1. The van der Waals surface area contributed by atoms with Crippen LogP contribution in [0.1, 0.15) is 27.2 Å². The van der Waals surface area contributed by atoms with E-state index in [2.05, 4.69) is 13.8 Å². The van der Waals surface area contributed by atoms with Crippen molar-refractivity contribution in [3.63, 3.8) is 0 Å². The Bertz CT molecular complexity index is 781. The van der Waals surface area contributed by atoms with Crippen molar-refractivity contribution in [2.24, 2.45) is 11.8 Å². The highest BCUT2D eigenvalue weighted by molar-refractivity contribution is 7.89. The summed E-state index contributed by atoms with van der Waals surface area (Å²) in [6.45, 7) is 9.85. The number of rotatable bonds is 4. The van der Waals surface area contributed by atoms with Crippen molar-refractivity contribution in [2.45, 2.75) is 38.1 Å². The summed E-state index contributed by atoms with van der Waals surface area (Å²) in [5, 5.41) is 0. The first kappa shape index (κ1) is 21.2. The molecule has 0 aliphatic carbocycles. The van der Waals surface area contributed by atoms with Crippen LogP contribution in [0, 0.1) is 17.7 Å². The summed E-state index contributed by atoms with van der Waals surface area (Å²) < 4.78 is 40.0. The molecule has 6 nitrogen and oxygen atoms in total.